The zero-order valence-electron chi connectivity index (χ0n) is 14.2. The summed E-state index contributed by atoms with van der Waals surface area (Å²) in [7, 11) is 0. The van der Waals surface area contributed by atoms with Crippen molar-refractivity contribution < 1.29 is 9.50 Å². The third kappa shape index (κ3) is 5.03. The molecule has 2 aromatic rings. The molecule has 0 amide bonds. The van der Waals surface area contributed by atoms with Gasteiger partial charge in [0.15, 0.2) is 0 Å². The maximum Gasteiger partial charge on any atom is 0.129 e. The lowest BCUT2D eigenvalue weighted by Crippen LogP contribution is -2.34. The molecule has 1 saturated heterocycles. The molecule has 1 aliphatic heterocycles. The van der Waals surface area contributed by atoms with E-state index >= 15 is 0 Å². The zero-order valence-corrected chi connectivity index (χ0v) is 15.8. The van der Waals surface area contributed by atoms with E-state index in [0.717, 1.165) is 42.6 Å². The quantitative estimate of drug-likeness (QED) is 0.745. The fourth-order valence-electron chi connectivity index (χ4n) is 3.25. The van der Waals surface area contributed by atoms with E-state index in [1.54, 1.807) is 6.07 Å². The van der Waals surface area contributed by atoms with Gasteiger partial charge in [-0.25, -0.2) is 4.39 Å². The van der Waals surface area contributed by atoms with Crippen LogP contribution in [-0.2, 0) is 13.1 Å². The molecule has 1 heterocycles. The molecule has 2 aromatic carbocycles. The number of aliphatic hydroxyl groups is 1. The molecule has 0 radical (unpaired) electrons. The predicted octanol–water partition coefficient (Wildman–Crippen LogP) is 4.40. The highest BCUT2D eigenvalue weighted by molar-refractivity contribution is 9.10. The monoisotopic (exact) mass is 406 g/mol. The number of halogens is 2. The minimum absolute atomic E-state index is 0.203. The predicted molar refractivity (Wildman–Crippen MR) is 103 cm³/mol. The van der Waals surface area contributed by atoms with Crippen LogP contribution in [-0.4, -0.2) is 29.7 Å². The van der Waals surface area contributed by atoms with Crippen LogP contribution in [0.25, 0.3) is 0 Å². The third-order valence-electron chi connectivity index (χ3n) is 4.86. The normalized spacial score (nSPS) is 16.1. The summed E-state index contributed by atoms with van der Waals surface area (Å²) in [6, 6.07) is 13.4. The average Bonchev–Trinajstić information content (AvgIpc) is 2.63. The van der Waals surface area contributed by atoms with Gasteiger partial charge in [0.1, 0.15) is 5.82 Å². The molecule has 0 aromatic heterocycles. The molecule has 3 nitrogen and oxygen atoms in total. The van der Waals surface area contributed by atoms with Gasteiger partial charge in [-0.3, -0.25) is 4.90 Å². The molecule has 0 aliphatic carbocycles. The molecule has 0 atom stereocenters. The van der Waals surface area contributed by atoms with E-state index in [0.29, 0.717) is 24.6 Å². The van der Waals surface area contributed by atoms with Gasteiger partial charge in [-0.1, -0.05) is 40.2 Å². The highest BCUT2D eigenvalue weighted by Crippen LogP contribution is 2.23. The van der Waals surface area contributed by atoms with Crippen LogP contribution in [0.5, 0.6) is 0 Å². The molecular weight excluding hydrogens is 383 g/mol. The molecule has 134 valence electrons. The van der Waals surface area contributed by atoms with Gasteiger partial charge < -0.3 is 10.4 Å². The van der Waals surface area contributed by atoms with Crippen LogP contribution in [0.1, 0.15) is 24.0 Å². The van der Waals surface area contributed by atoms with Crippen molar-refractivity contribution >= 4 is 21.6 Å². The second-order valence-corrected chi connectivity index (χ2v) is 7.56. The van der Waals surface area contributed by atoms with Crippen molar-refractivity contribution in [2.75, 3.05) is 25.0 Å². The Kier molecular flexibility index (Phi) is 6.45. The molecule has 0 bridgehead atoms. The lowest BCUT2D eigenvalue weighted by Gasteiger charge is -2.31. The van der Waals surface area contributed by atoms with Crippen molar-refractivity contribution in [2.24, 2.45) is 5.92 Å². The molecule has 5 heteroatoms. The Labute approximate surface area is 157 Å². The van der Waals surface area contributed by atoms with E-state index in [1.165, 1.54) is 11.6 Å². The van der Waals surface area contributed by atoms with Crippen LogP contribution >= 0.6 is 15.9 Å². The highest BCUT2D eigenvalue weighted by atomic mass is 79.9. The minimum Gasteiger partial charge on any atom is -0.396 e. The van der Waals surface area contributed by atoms with Crippen molar-refractivity contribution in [2.45, 2.75) is 25.9 Å². The van der Waals surface area contributed by atoms with Crippen molar-refractivity contribution in [3.8, 4) is 0 Å². The van der Waals surface area contributed by atoms with Crippen LogP contribution in [0.4, 0.5) is 10.1 Å². The SMILES string of the molecule is OCC1CCN(Cc2ccccc2NCc2ccc(Br)cc2F)CC1. The summed E-state index contributed by atoms with van der Waals surface area (Å²) in [4.78, 5) is 2.42. The fourth-order valence-corrected chi connectivity index (χ4v) is 3.59. The van der Waals surface area contributed by atoms with Gasteiger partial charge in [-0.15, -0.1) is 0 Å². The molecule has 25 heavy (non-hydrogen) atoms. The molecule has 2 N–H and O–H groups in total. The Hall–Kier alpha value is -1.43. The van der Waals surface area contributed by atoms with Gasteiger partial charge >= 0.3 is 0 Å². The van der Waals surface area contributed by atoms with Crippen LogP contribution in [0, 0.1) is 11.7 Å². The smallest absolute Gasteiger partial charge is 0.129 e. The number of anilines is 1. The first kappa shape index (κ1) is 18.4. The number of para-hydroxylation sites is 1. The molecule has 0 saturated carbocycles. The summed E-state index contributed by atoms with van der Waals surface area (Å²) < 4.78 is 14.7. The number of hydrogen-bond donors (Lipinski definition) is 2. The zero-order chi connectivity index (χ0) is 17.6. The van der Waals surface area contributed by atoms with Crippen molar-refractivity contribution in [1.29, 1.82) is 0 Å². The average molecular weight is 407 g/mol. The van der Waals surface area contributed by atoms with E-state index in [9.17, 15) is 9.50 Å². The Morgan fingerprint density at radius 2 is 1.88 bits per heavy atom. The summed E-state index contributed by atoms with van der Waals surface area (Å²) in [6.07, 6.45) is 2.10. The first-order chi connectivity index (χ1) is 12.2. The molecule has 1 fully saturated rings. The number of piperidine rings is 1. The number of rotatable bonds is 6. The van der Waals surface area contributed by atoms with Crippen LogP contribution in [0.3, 0.4) is 0 Å². The van der Waals surface area contributed by atoms with Gasteiger partial charge in [-0.2, -0.15) is 0 Å². The maximum absolute atomic E-state index is 14.0. The Morgan fingerprint density at radius 1 is 1.12 bits per heavy atom. The number of benzene rings is 2. The number of nitrogens with one attached hydrogen (secondary N) is 1. The fraction of sp³-hybridized carbons (Fsp3) is 0.400. The van der Waals surface area contributed by atoms with Crippen LogP contribution in [0.2, 0.25) is 0 Å². The van der Waals surface area contributed by atoms with E-state index < -0.39 is 0 Å². The van der Waals surface area contributed by atoms with Gasteiger partial charge in [0, 0.05) is 35.4 Å². The lowest BCUT2D eigenvalue weighted by molar-refractivity contribution is 0.127. The van der Waals surface area contributed by atoms with Crippen molar-refractivity contribution in [3.05, 3.63) is 63.9 Å². The number of hydrogen-bond acceptors (Lipinski definition) is 3. The summed E-state index contributed by atoms with van der Waals surface area (Å²) >= 11 is 3.29. The Bertz CT molecular complexity index is 702. The summed E-state index contributed by atoms with van der Waals surface area (Å²) in [5.74, 6) is 0.246. The third-order valence-corrected chi connectivity index (χ3v) is 5.35. The van der Waals surface area contributed by atoms with E-state index in [1.807, 2.05) is 24.3 Å². The van der Waals surface area contributed by atoms with E-state index in [4.69, 9.17) is 0 Å². The molecule has 3 rings (SSSR count). The summed E-state index contributed by atoms with van der Waals surface area (Å²) in [5.41, 5.74) is 2.93. The van der Waals surface area contributed by atoms with E-state index in [2.05, 4.69) is 32.2 Å². The Morgan fingerprint density at radius 3 is 2.60 bits per heavy atom. The molecule has 1 aliphatic rings. The number of aliphatic hydroxyl groups excluding tert-OH is 1. The Balaban J connectivity index is 1.63. The van der Waals surface area contributed by atoms with Gasteiger partial charge in [0.05, 0.1) is 0 Å². The topological polar surface area (TPSA) is 35.5 Å². The summed E-state index contributed by atoms with van der Waals surface area (Å²) in [6.45, 7) is 3.67. The van der Waals surface area contributed by atoms with Gasteiger partial charge in [0.2, 0.25) is 0 Å². The van der Waals surface area contributed by atoms with Gasteiger partial charge in [0.25, 0.3) is 0 Å². The molecule has 0 unspecified atom stereocenters. The van der Waals surface area contributed by atoms with Crippen molar-refractivity contribution in [3.63, 3.8) is 0 Å². The minimum atomic E-state index is -0.203. The second kappa shape index (κ2) is 8.79. The number of nitrogens with zero attached hydrogens (tertiary/aromatic N) is 1. The first-order valence-corrected chi connectivity index (χ1v) is 9.54. The second-order valence-electron chi connectivity index (χ2n) is 6.65. The number of likely N-dealkylation sites (tertiary alicyclic amines) is 1. The van der Waals surface area contributed by atoms with Crippen LogP contribution < -0.4 is 5.32 Å². The highest BCUT2D eigenvalue weighted by Gasteiger charge is 2.19. The summed E-state index contributed by atoms with van der Waals surface area (Å²) in [5, 5.41) is 12.6. The van der Waals surface area contributed by atoms with Gasteiger partial charge in [-0.05, 0) is 55.6 Å². The largest absolute Gasteiger partial charge is 0.396 e. The molecular formula is C20H24BrFN2O. The van der Waals surface area contributed by atoms with E-state index in [-0.39, 0.29) is 5.82 Å². The molecule has 0 spiro atoms. The van der Waals surface area contributed by atoms with Crippen LogP contribution in [0.15, 0.2) is 46.9 Å². The maximum atomic E-state index is 14.0. The lowest BCUT2D eigenvalue weighted by atomic mass is 9.97. The van der Waals surface area contributed by atoms with Crippen molar-refractivity contribution in [1.82, 2.24) is 4.90 Å². The standard InChI is InChI=1S/C20H24BrFN2O/c21-18-6-5-16(19(22)11-18)12-23-20-4-2-1-3-17(20)13-24-9-7-15(14-25)8-10-24/h1-6,11,15,23,25H,7-10,12-14H2. The first-order valence-electron chi connectivity index (χ1n) is 8.74.